The molecule has 236 valence electrons. The molecule has 11 nitrogen and oxygen atoms in total. The Balaban J connectivity index is 1.03. The molecule has 2 saturated heterocycles. The summed E-state index contributed by atoms with van der Waals surface area (Å²) in [5.41, 5.74) is 1.98. The van der Waals surface area contributed by atoms with E-state index in [0.29, 0.717) is 23.7 Å². The smallest absolute Gasteiger partial charge is 0.273 e. The number of nitro benzene ring substituents is 1. The number of nitro groups is 1. The van der Waals surface area contributed by atoms with E-state index >= 15 is 0 Å². The number of carbonyl (C=O) groups excluding carboxylic acids is 3. The van der Waals surface area contributed by atoms with E-state index in [-0.39, 0.29) is 42.8 Å². The molecule has 0 aliphatic carbocycles. The average molecular weight is 611 g/mol. The molecule has 0 saturated carbocycles. The molecule has 3 heterocycles. The summed E-state index contributed by atoms with van der Waals surface area (Å²) in [6, 6.07) is 6.44. The summed E-state index contributed by atoms with van der Waals surface area (Å²) in [4.78, 5) is 51.7. The Morgan fingerprint density at radius 2 is 1.75 bits per heavy atom. The number of benzene rings is 2. The number of nitrogens with zero attached hydrogens (tertiary/aromatic N) is 3. The maximum Gasteiger partial charge on any atom is 0.273 e. The minimum absolute atomic E-state index is 0.0313. The van der Waals surface area contributed by atoms with Crippen molar-refractivity contribution >= 4 is 23.4 Å². The number of fused-ring (bicyclic) bond motifs is 1. The molecule has 3 aliphatic rings. The molecule has 3 amide bonds. The Morgan fingerprint density at radius 3 is 2.48 bits per heavy atom. The first-order chi connectivity index (χ1) is 21.2. The fourth-order valence-corrected chi connectivity index (χ4v) is 6.53. The highest BCUT2D eigenvalue weighted by Gasteiger charge is 2.41. The van der Waals surface area contributed by atoms with Crippen molar-refractivity contribution < 1.29 is 33.2 Å². The number of hydrogen-bond donors (Lipinski definition) is 1. The number of non-ortho nitro benzene ring substituents is 1. The van der Waals surface area contributed by atoms with E-state index < -0.39 is 22.7 Å². The van der Waals surface area contributed by atoms with Gasteiger partial charge in [-0.3, -0.25) is 29.8 Å². The lowest BCUT2D eigenvalue weighted by molar-refractivity contribution is -0.385. The summed E-state index contributed by atoms with van der Waals surface area (Å²) in [6.45, 7) is 3.53. The highest BCUT2D eigenvalue weighted by Crippen LogP contribution is 2.38. The average Bonchev–Trinajstić information content (AvgIpc) is 3.33. The molecular formula is C32H39FN4O7. The van der Waals surface area contributed by atoms with E-state index in [1.807, 2.05) is 0 Å². The summed E-state index contributed by atoms with van der Waals surface area (Å²) < 4.78 is 25.6. The molecule has 1 N–H and O–H groups in total. The van der Waals surface area contributed by atoms with Gasteiger partial charge in [0.1, 0.15) is 11.9 Å². The third-order valence-corrected chi connectivity index (χ3v) is 8.92. The molecule has 44 heavy (non-hydrogen) atoms. The first-order valence-electron chi connectivity index (χ1n) is 15.4. The normalized spacial score (nSPS) is 19.2. The SMILES string of the molecule is COc1ccc([N+](=O)[O-])cc1OCCCCCCCN1CCC(c2cc(F)cc3c2CN(C2CCC(=O)NC2=O)C3=O)CC1. The molecule has 2 fully saturated rings. The maximum absolute atomic E-state index is 14.7. The number of halogens is 1. The Labute approximate surface area is 255 Å². The Morgan fingerprint density at radius 1 is 1.00 bits per heavy atom. The second kappa shape index (κ2) is 14.1. The topological polar surface area (TPSA) is 131 Å². The molecule has 1 atom stereocenters. The second-order valence-electron chi connectivity index (χ2n) is 11.7. The number of rotatable bonds is 13. The van der Waals surface area contributed by atoms with Crippen LogP contribution in [-0.2, 0) is 16.1 Å². The van der Waals surface area contributed by atoms with Gasteiger partial charge in [0.2, 0.25) is 11.8 Å². The number of methoxy groups -OCH3 is 1. The van der Waals surface area contributed by atoms with Crippen LogP contribution in [0.4, 0.5) is 10.1 Å². The van der Waals surface area contributed by atoms with Gasteiger partial charge in [0.05, 0.1) is 24.7 Å². The lowest BCUT2D eigenvalue weighted by atomic mass is 9.85. The monoisotopic (exact) mass is 610 g/mol. The molecule has 0 spiro atoms. The number of carbonyl (C=O) groups is 3. The van der Waals surface area contributed by atoms with Crippen LogP contribution in [0.3, 0.4) is 0 Å². The van der Waals surface area contributed by atoms with Gasteiger partial charge < -0.3 is 19.3 Å². The number of nitrogens with one attached hydrogen (secondary N) is 1. The first-order valence-corrected chi connectivity index (χ1v) is 15.4. The Kier molecular flexibility index (Phi) is 10.1. The largest absolute Gasteiger partial charge is 0.493 e. The van der Waals surface area contributed by atoms with Crippen molar-refractivity contribution in [3.63, 3.8) is 0 Å². The standard InChI is InChI=1S/C32H39FN4O7/c1-43-28-9-7-23(37(41)42)19-29(28)44-16-6-4-2-3-5-13-35-14-11-21(12-15-35)24-17-22(33)18-25-26(24)20-36(32(25)40)27-8-10-30(38)34-31(27)39/h7,9,17-19,21,27H,2-6,8,10-16,20H2,1H3,(H,34,38,39). The van der Waals surface area contributed by atoms with Crippen LogP contribution >= 0.6 is 0 Å². The summed E-state index contributed by atoms with van der Waals surface area (Å²) in [7, 11) is 1.50. The van der Waals surface area contributed by atoms with E-state index in [2.05, 4.69) is 10.2 Å². The zero-order chi connectivity index (χ0) is 31.2. The number of imide groups is 1. The zero-order valence-electron chi connectivity index (χ0n) is 25.0. The van der Waals surface area contributed by atoms with Crippen molar-refractivity contribution in [3.05, 3.63) is 63.0 Å². The Bertz CT molecular complexity index is 1410. The summed E-state index contributed by atoms with van der Waals surface area (Å²) in [5, 5.41) is 13.3. The van der Waals surface area contributed by atoms with E-state index in [4.69, 9.17) is 9.47 Å². The van der Waals surface area contributed by atoms with Crippen molar-refractivity contribution in [1.29, 1.82) is 0 Å². The second-order valence-corrected chi connectivity index (χ2v) is 11.7. The molecule has 2 aromatic rings. The van der Waals surface area contributed by atoms with Crippen LogP contribution in [0.2, 0.25) is 0 Å². The van der Waals surface area contributed by atoms with E-state index in [1.165, 1.54) is 30.2 Å². The number of hydrogen-bond acceptors (Lipinski definition) is 8. The van der Waals surface area contributed by atoms with Gasteiger partial charge in [0, 0.05) is 24.6 Å². The van der Waals surface area contributed by atoms with Crippen molar-refractivity contribution in [1.82, 2.24) is 15.1 Å². The molecular weight excluding hydrogens is 571 g/mol. The van der Waals surface area contributed by atoms with Gasteiger partial charge in [-0.25, -0.2) is 4.39 Å². The lowest BCUT2D eigenvalue weighted by Crippen LogP contribution is -2.52. The van der Waals surface area contributed by atoms with Crippen LogP contribution in [0, 0.1) is 15.9 Å². The third kappa shape index (κ3) is 7.18. The van der Waals surface area contributed by atoms with Gasteiger partial charge in [0.25, 0.3) is 11.6 Å². The summed E-state index contributed by atoms with van der Waals surface area (Å²) >= 11 is 0. The quantitative estimate of drug-likeness (QED) is 0.149. The molecule has 0 radical (unpaired) electrons. The van der Waals surface area contributed by atoms with Crippen LogP contribution in [0.5, 0.6) is 11.5 Å². The van der Waals surface area contributed by atoms with Crippen LogP contribution < -0.4 is 14.8 Å². The summed E-state index contributed by atoms with van der Waals surface area (Å²) in [6.07, 6.45) is 7.30. The molecule has 5 rings (SSSR count). The van der Waals surface area contributed by atoms with Gasteiger partial charge >= 0.3 is 0 Å². The predicted octanol–water partition coefficient (Wildman–Crippen LogP) is 4.71. The van der Waals surface area contributed by atoms with Crippen LogP contribution in [-0.4, -0.2) is 71.8 Å². The minimum Gasteiger partial charge on any atom is -0.493 e. The molecule has 0 aromatic heterocycles. The molecule has 3 aliphatic heterocycles. The number of ether oxygens (including phenoxy) is 2. The zero-order valence-corrected chi connectivity index (χ0v) is 25.0. The number of likely N-dealkylation sites (tertiary alicyclic amines) is 1. The van der Waals surface area contributed by atoms with Crippen molar-refractivity contribution in [2.24, 2.45) is 0 Å². The third-order valence-electron chi connectivity index (χ3n) is 8.92. The van der Waals surface area contributed by atoms with Crippen LogP contribution in [0.15, 0.2) is 30.3 Å². The molecule has 1 unspecified atom stereocenters. The highest BCUT2D eigenvalue weighted by atomic mass is 19.1. The van der Waals surface area contributed by atoms with E-state index in [9.17, 15) is 28.9 Å². The number of amides is 3. The fourth-order valence-electron chi connectivity index (χ4n) is 6.53. The van der Waals surface area contributed by atoms with Gasteiger partial charge in [-0.15, -0.1) is 0 Å². The van der Waals surface area contributed by atoms with Crippen molar-refractivity contribution in [2.75, 3.05) is 33.4 Å². The van der Waals surface area contributed by atoms with Crippen LogP contribution in [0.1, 0.15) is 85.2 Å². The first kappa shape index (κ1) is 31.4. The minimum atomic E-state index is -0.714. The van der Waals surface area contributed by atoms with E-state index in [1.54, 1.807) is 12.1 Å². The fraction of sp³-hybridized carbons (Fsp3) is 0.531. The molecule has 2 aromatic carbocycles. The number of piperidine rings is 2. The Hall–Kier alpha value is -4.06. The van der Waals surface area contributed by atoms with Gasteiger partial charge in [0.15, 0.2) is 11.5 Å². The van der Waals surface area contributed by atoms with E-state index in [0.717, 1.165) is 75.7 Å². The maximum atomic E-state index is 14.7. The highest BCUT2D eigenvalue weighted by molar-refractivity contribution is 6.05. The van der Waals surface area contributed by atoms with Gasteiger partial charge in [-0.05, 0) is 87.0 Å². The number of unbranched alkanes of at least 4 members (excludes halogenated alkanes) is 4. The van der Waals surface area contributed by atoms with Crippen molar-refractivity contribution in [3.8, 4) is 11.5 Å². The summed E-state index contributed by atoms with van der Waals surface area (Å²) in [5.74, 6) is -0.574. The predicted molar refractivity (Wildman–Crippen MR) is 159 cm³/mol. The molecule has 12 heteroatoms. The van der Waals surface area contributed by atoms with Crippen molar-refractivity contribution in [2.45, 2.75) is 76.3 Å². The van der Waals surface area contributed by atoms with Gasteiger partial charge in [-0.2, -0.15) is 0 Å². The van der Waals surface area contributed by atoms with Crippen LogP contribution in [0.25, 0.3) is 0 Å². The van der Waals surface area contributed by atoms with Gasteiger partial charge in [-0.1, -0.05) is 19.3 Å². The molecule has 0 bridgehead atoms. The lowest BCUT2D eigenvalue weighted by Gasteiger charge is -2.33.